The van der Waals surface area contributed by atoms with Gasteiger partial charge in [0.25, 0.3) is 0 Å². The number of hydrogen-bond acceptors (Lipinski definition) is 4. The van der Waals surface area contributed by atoms with Crippen LogP contribution in [0.3, 0.4) is 0 Å². The van der Waals surface area contributed by atoms with Crippen LogP contribution in [-0.4, -0.2) is 30.1 Å². The fraction of sp³-hybridized carbons (Fsp3) is 0.889. The van der Waals surface area contributed by atoms with Crippen LogP contribution in [0.4, 0.5) is 0 Å². The quantitative estimate of drug-likeness (QED) is 0.663. The minimum atomic E-state index is -0.128. The molecule has 0 heterocycles. The Balaban J connectivity index is 3.60. The minimum Gasteiger partial charge on any atom is -0.465 e. The molecule has 0 aromatic heterocycles. The van der Waals surface area contributed by atoms with Crippen molar-refractivity contribution in [3.05, 3.63) is 0 Å². The van der Waals surface area contributed by atoms with E-state index in [1.54, 1.807) is 11.8 Å². The van der Waals surface area contributed by atoms with Crippen LogP contribution in [0.15, 0.2) is 0 Å². The van der Waals surface area contributed by atoms with Crippen LogP contribution in [0, 0.1) is 5.92 Å². The molecule has 0 aliphatic heterocycles. The normalized spacial score (nSPS) is 15.1. The average Bonchev–Trinajstić information content (AvgIpc) is 2.13. The third-order valence-electron chi connectivity index (χ3n) is 1.65. The summed E-state index contributed by atoms with van der Waals surface area (Å²) >= 11 is 1.60. The van der Waals surface area contributed by atoms with E-state index in [1.807, 2.05) is 13.8 Å². The number of nitrogens with two attached hydrogens (primary N) is 1. The Hall–Kier alpha value is -0.220. The maximum Gasteiger partial charge on any atom is 0.318 e. The topological polar surface area (TPSA) is 52.3 Å². The zero-order valence-corrected chi connectivity index (χ0v) is 9.39. The zero-order chi connectivity index (χ0) is 10.3. The number of esters is 1. The molecule has 0 rings (SSSR count). The fourth-order valence-electron chi connectivity index (χ4n) is 0.704. The van der Waals surface area contributed by atoms with Crippen molar-refractivity contribution in [3.8, 4) is 0 Å². The first-order chi connectivity index (χ1) is 6.11. The van der Waals surface area contributed by atoms with Gasteiger partial charge in [-0.3, -0.25) is 4.79 Å². The second kappa shape index (κ2) is 7.21. The number of hydrogen-bond donors (Lipinski definition) is 1. The van der Waals surface area contributed by atoms with Gasteiger partial charge in [-0.2, -0.15) is 0 Å². The molecule has 0 saturated carbocycles. The summed E-state index contributed by atoms with van der Waals surface area (Å²) in [4.78, 5) is 11.2. The number of rotatable bonds is 6. The summed E-state index contributed by atoms with van der Waals surface area (Å²) in [6, 6.07) is 0. The maximum absolute atomic E-state index is 11.2. The molecule has 2 atom stereocenters. The lowest BCUT2D eigenvalue weighted by atomic mass is 10.2. The Morgan fingerprint density at radius 1 is 1.54 bits per heavy atom. The first kappa shape index (κ1) is 12.8. The molecule has 2 unspecified atom stereocenters. The molecule has 4 heteroatoms. The van der Waals surface area contributed by atoms with Crippen LogP contribution in [0.1, 0.15) is 20.8 Å². The van der Waals surface area contributed by atoms with Crippen molar-refractivity contribution in [1.82, 2.24) is 0 Å². The van der Waals surface area contributed by atoms with E-state index in [0.717, 1.165) is 5.75 Å². The van der Waals surface area contributed by atoms with Gasteiger partial charge >= 0.3 is 5.97 Å². The van der Waals surface area contributed by atoms with Gasteiger partial charge in [-0.15, -0.1) is 11.8 Å². The van der Waals surface area contributed by atoms with Crippen LogP contribution < -0.4 is 5.73 Å². The number of thioether (sulfide) groups is 1. The SMILES string of the molecule is CCOC(=O)C(C)SCC(C)CN. The molecule has 0 saturated heterocycles. The highest BCUT2D eigenvalue weighted by Gasteiger charge is 2.14. The third-order valence-corrected chi connectivity index (χ3v) is 3.11. The standard InChI is InChI=1S/C9H19NO2S/c1-4-12-9(11)8(3)13-6-7(2)5-10/h7-8H,4-6,10H2,1-3H3. The summed E-state index contributed by atoms with van der Waals surface area (Å²) in [5.41, 5.74) is 5.46. The first-order valence-electron chi connectivity index (χ1n) is 4.60. The predicted molar refractivity (Wildman–Crippen MR) is 56.8 cm³/mol. The van der Waals surface area contributed by atoms with Crippen molar-refractivity contribution in [2.45, 2.75) is 26.0 Å². The lowest BCUT2D eigenvalue weighted by molar-refractivity contribution is -0.142. The molecule has 0 amide bonds. The van der Waals surface area contributed by atoms with Gasteiger partial charge in [0.05, 0.1) is 11.9 Å². The van der Waals surface area contributed by atoms with Gasteiger partial charge in [0.15, 0.2) is 0 Å². The van der Waals surface area contributed by atoms with Gasteiger partial charge < -0.3 is 10.5 Å². The molecule has 0 radical (unpaired) electrons. The van der Waals surface area contributed by atoms with E-state index in [4.69, 9.17) is 10.5 Å². The average molecular weight is 205 g/mol. The van der Waals surface area contributed by atoms with E-state index in [0.29, 0.717) is 19.1 Å². The molecule has 0 fully saturated rings. The Morgan fingerprint density at radius 2 is 2.15 bits per heavy atom. The lowest BCUT2D eigenvalue weighted by Crippen LogP contribution is -2.20. The molecule has 0 aromatic rings. The molecule has 0 aromatic carbocycles. The summed E-state index contributed by atoms with van der Waals surface area (Å²) in [5.74, 6) is 1.25. The summed E-state index contributed by atoms with van der Waals surface area (Å²) in [5, 5.41) is -0.0750. The Kier molecular flexibility index (Phi) is 7.09. The van der Waals surface area contributed by atoms with E-state index in [-0.39, 0.29) is 11.2 Å². The van der Waals surface area contributed by atoms with E-state index < -0.39 is 0 Å². The fourth-order valence-corrected chi connectivity index (χ4v) is 1.66. The van der Waals surface area contributed by atoms with Crippen molar-refractivity contribution in [3.63, 3.8) is 0 Å². The monoisotopic (exact) mass is 205 g/mol. The molecule has 2 N–H and O–H groups in total. The molecule has 13 heavy (non-hydrogen) atoms. The van der Waals surface area contributed by atoms with E-state index in [2.05, 4.69) is 6.92 Å². The van der Waals surface area contributed by atoms with Crippen molar-refractivity contribution in [2.24, 2.45) is 11.7 Å². The first-order valence-corrected chi connectivity index (χ1v) is 5.65. The van der Waals surface area contributed by atoms with Gasteiger partial charge in [-0.1, -0.05) is 6.92 Å². The van der Waals surface area contributed by atoms with Crippen LogP contribution >= 0.6 is 11.8 Å². The molecule has 0 spiro atoms. The molecular weight excluding hydrogens is 186 g/mol. The Bertz CT molecular complexity index is 153. The smallest absolute Gasteiger partial charge is 0.318 e. The number of ether oxygens (including phenoxy) is 1. The van der Waals surface area contributed by atoms with Crippen LogP contribution in [0.5, 0.6) is 0 Å². The third kappa shape index (κ3) is 5.93. The Labute approximate surface area is 84.4 Å². The Morgan fingerprint density at radius 3 is 2.62 bits per heavy atom. The molecule has 0 aliphatic rings. The molecule has 0 bridgehead atoms. The van der Waals surface area contributed by atoms with Crippen LogP contribution in [0.2, 0.25) is 0 Å². The molecule has 3 nitrogen and oxygen atoms in total. The summed E-state index contributed by atoms with van der Waals surface area (Å²) in [6.07, 6.45) is 0. The van der Waals surface area contributed by atoms with Gasteiger partial charge in [0, 0.05) is 0 Å². The maximum atomic E-state index is 11.2. The van der Waals surface area contributed by atoms with Gasteiger partial charge in [-0.05, 0) is 32.1 Å². The summed E-state index contributed by atoms with van der Waals surface area (Å²) in [6.45, 7) is 6.88. The second-order valence-electron chi connectivity index (χ2n) is 3.07. The highest BCUT2D eigenvalue weighted by molar-refractivity contribution is 8.00. The number of carbonyl (C=O) groups excluding carboxylic acids is 1. The zero-order valence-electron chi connectivity index (χ0n) is 8.58. The molecule has 0 aliphatic carbocycles. The van der Waals surface area contributed by atoms with Crippen molar-refractivity contribution in [1.29, 1.82) is 0 Å². The predicted octanol–water partition coefficient (Wildman–Crippen LogP) is 1.27. The largest absolute Gasteiger partial charge is 0.465 e. The van der Waals surface area contributed by atoms with Crippen molar-refractivity contribution in [2.75, 3.05) is 18.9 Å². The lowest BCUT2D eigenvalue weighted by Gasteiger charge is -2.12. The highest BCUT2D eigenvalue weighted by Crippen LogP contribution is 2.15. The molecular formula is C9H19NO2S. The number of carbonyl (C=O) groups is 1. The second-order valence-corrected chi connectivity index (χ2v) is 4.44. The molecule has 78 valence electrons. The summed E-state index contributed by atoms with van der Waals surface area (Å²) in [7, 11) is 0. The van der Waals surface area contributed by atoms with Crippen molar-refractivity contribution < 1.29 is 9.53 Å². The van der Waals surface area contributed by atoms with Crippen LogP contribution in [-0.2, 0) is 9.53 Å². The van der Waals surface area contributed by atoms with E-state index >= 15 is 0 Å². The van der Waals surface area contributed by atoms with Gasteiger partial charge in [-0.25, -0.2) is 0 Å². The van der Waals surface area contributed by atoms with E-state index in [9.17, 15) is 4.79 Å². The highest BCUT2D eigenvalue weighted by atomic mass is 32.2. The minimum absolute atomic E-state index is 0.0750. The van der Waals surface area contributed by atoms with Crippen molar-refractivity contribution >= 4 is 17.7 Å². The van der Waals surface area contributed by atoms with Crippen LogP contribution in [0.25, 0.3) is 0 Å². The van der Waals surface area contributed by atoms with Gasteiger partial charge in [0.1, 0.15) is 0 Å². The van der Waals surface area contributed by atoms with E-state index in [1.165, 1.54) is 0 Å². The van der Waals surface area contributed by atoms with Gasteiger partial charge in [0.2, 0.25) is 0 Å². The summed E-state index contributed by atoms with van der Waals surface area (Å²) < 4.78 is 4.88.